The van der Waals surface area contributed by atoms with Crippen molar-refractivity contribution < 1.29 is 9.53 Å². The summed E-state index contributed by atoms with van der Waals surface area (Å²) in [6, 6.07) is 8.66. The van der Waals surface area contributed by atoms with Crippen LogP contribution in [0.3, 0.4) is 0 Å². The molecular weight excluding hydrogens is 286 g/mol. The van der Waals surface area contributed by atoms with E-state index in [0.29, 0.717) is 12.0 Å². The summed E-state index contributed by atoms with van der Waals surface area (Å²) in [6.45, 7) is 2.24. The van der Waals surface area contributed by atoms with Crippen LogP contribution >= 0.6 is 0 Å². The van der Waals surface area contributed by atoms with Crippen LogP contribution in [-0.2, 0) is 11.2 Å². The molecule has 3 rings (SSSR count). The number of carbonyl (C=O) groups excluding carboxylic acids is 1. The lowest BCUT2D eigenvalue weighted by atomic mass is 9.98. The largest absolute Gasteiger partial charge is 0.470 e. The van der Waals surface area contributed by atoms with Crippen LogP contribution in [0.15, 0.2) is 24.3 Å². The number of ether oxygens (including phenoxy) is 1. The van der Waals surface area contributed by atoms with E-state index in [1.807, 2.05) is 6.07 Å². The van der Waals surface area contributed by atoms with Gasteiger partial charge in [0, 0.05) is 12.5 Å². The molecule has 0 spiro atoms. The molecule has 3 atom stereocenters. The maximum absolute atomic E-state index is 11.4. The summed E-state index contributed by atoms with van der Waals surface area (Å²) in [6.07, 6.45) is 12.5. The first kappa shape index (κ1) is 16.4. The monoisotopic (exact) mass is 314 g/mol. The third kappa shape index (κ3) is 3.88. The molecule has 3 heteroatoms. The molecule has 1 aliphatic carbocycles. The van der Waals surface area contributed by atoms with E-state index in [-0.39, 0.29) is 6.23 Å². The first-order chi connectivity index (χ1) is 11.3. The summed E-state index contributed by atoms with van der Waals surface area (Å²) in [7, 11) is 0. The molecule has 1 aromatic carbocycles. The van der Waals surface area contributed by atoms with Gasteiger partial charge in [0.15, 0.2) is 6.23 Å². The Bertz CT molecular complexity index is 516. The molecule has 23 heavy (non-hydrogen) atoms. The van der Waals surface area contributed by atoms with Crippen LogP contribution in [0.1, 0.15) is 63.9 Å². The van der Waals surface area contributed by atoms with Gasteiger partial charge in [0.25, 0.3) is 0 Å². The third-order valence-electron chi connectivity index (χ3n) is 5.39. The second-order valence-corrected chi connectivity index (χ2v) is 7.06. The fourth-order valence-electron chi connectivity index (χ4n) is 4.10. The lowest BCUT2D eigenvalue weighted by molar-refractivity contribution is 0.0101. The molecule has 2 aliphatic rings. The van der Waals surface area contributed by atoms with Gasteiger partial charge >= 0.3 is 6.41 Å². The summed E-state index contributed by atoms with van der Waals surface area (Å²) >= 11 is 0. The number of hydrogen-bond donors (Lipinski definition) is 0. The van der Waals surface area contributed by atoms with E-state index in [1.54, 1.807) is 4.90 Å². The molecule has 0 aromatic heterocycles. The average Bonchev–Trinajstić information content (AvgIpc) is 2.95. The number of amides is 1. The van der Waals surface area contributed by atoms with Gasteiger partial charge in [-0.05, 0) is 49.7 Å². The van der Waals surface area contributed by atoms with Crippen molar-refractivity contribution in [1.29, 1.82) is 0 Å². The van der Waals surface area contributed by atoms with Crippen LogP contribution in [0.2, 0.25) is 0 Å². The number of para-hydroxylation sites is 1. The average molecular weight is 314 g/mol. The van der Waals surface area contributed by atoms with Crippen molar-refractivity contribution in [2.45, 2.75) is 77.0 Å². The van der Waals surface area contributed by atoms with Crippen molar-refractivity contribution in [1.82, 2.24) is 4.90 Å². The molecule has 1 saturated heterocycles. The van der Waals surface area contributed by atoms with Gasteiger partial charge in [0.1, 0.15) is 5.75 Å². The van der Waals surface area contributed by atoms with E-state index in [2.05, 4.69) is 31.5 Å². The van der Waals surface area contributed by atoms with Gasteiger partial charge in [-0.3, -0.25) is 9.69 Å². The number of piperidine rings is 1. The predicted octanol–water partition coefficient (Wildman–Crippen LogP) is 4.46. The second kappa shape index (κ2) is 7.85. The number of fused-ring (bicyclic) bond motifs is 2. The molecule has 1 heterocycles. The van der Waals surface area contributed by atoms with E-state index in [4.69, 9.17) is 4.74 Å². The molecule has 0 N–H and O–H groups in total. The molecule has 1 amide bonds. The normalized spacial score (nSPS) is 26.3. The van der Waals surface area contributed by atoms with Crippen molar-refractivity contribution in [3.05, 3.63) is 29.8 Å². The van der Waals surface area contributed by atoms with Crippen LogP contribution in [0.5, 0.6) is 5.75 Å². The predicted molar refractivity (Wildman–Crippen MR) is 92.0 cm³/mol. The quantitative estimate of drug-likeness (QED) is 0.663. The maximum Gasteiger partial charge on any atom is 0.315 e. The van der Waals surface area contributed by atoms with E-state index < -0.39 is 0 Å². The minimum atomic E-state index is -0.129. The van der Waals surface area contributed by atoms with Crippen LogP contribution in [0.4, 0.5) is 0 Å². The molecule has 3 nitrogen and oxygen atoms in total. The number of aryl methyl sites for hydroxylation is 1. The Kier molecular flexibility index (Phi) is 5.58. The molecule has 3 unspecified atom stereocenters. The molecule has 1 saturated carbocycles. The first-order valence-electron chi connectivity index (χ1n) is 9.22. The number of hydrogen-bond acceptors (Lipinski definition) is 2. The Morgan fingerprint density at radius 1 is 1.17 bits per heavy atom. The molecule has 2 fully saturated rings. The minimum absolute atomic E-state index is 0.129. The van der Waals surface area contributed by atoms with Gasteiger partial charge < -0.3 is 4.74 Å². The fraction of sp³-hybridized carbons (Fsp3) is 0.650. The molecule has 2 bridgehead atoms. The van der Waals surface area contributed by atoms with E-state index in [1.165, 1.54) is 37.7 Å². The SMILES string of the molecule is CCCCCCc1ccccc1OC1CC2CCC(C2)N1[C]=O. The zero-order valence-electron chi connectivity index (χ0n) is 14.2. The highest BCUT2D eigenvalue weighted by Crippen LogP contribution is 2.39. The Morgan fingerprint density at radius 3 is 2.87 bits per heavy atom. The van der Waals surface area contributed by atoms with Crippen LogP contribution in [-0.4, -0.2) is 23.6 Å². The lowest BCUT2D eigenvalue weighted by Crippen LogP contribution is -2.47. The Morgan fingerprint density at radius 2 is 2.04 bits per heavy atom. The number of likely N-dealkylation sites (tertiary alicyclic amines) is 1. The van der Waals surface area contributed by atoms with Crippen molar-refractivity contribution in [3.8, 4) is 5.75 Å². The van der Waals surface area contributed by atoms with Crippen molar-refractivity contribution in [3.63, 3.8) is 0 Å². The zero-order chi connectivity index (χ0) is 16.1. The summed E-state index contributed by atoms with van der Waals surface area (Å²) in [4.78, 5) is 13.2. The summed E-state index contributed by atoms with van der Waals surface area (Å²) in [5.41, 5.74) is 1.27. The van der Waals surface area contributed by atoms with E-state index >= 15 is 0 Å². The molecular formula is C20H28NO2. The molecule has 125 valence electrons. The summed E-state index contributed by atoms with van der Waals surface area (Å²) in [5, 5.41) is 0. The zero-order valence-corrected chi connectivity index (χ0v) is 14.2. The number of benzene rings is 1. The number of unbranched alkanes of at least 4 members (excludes halogenated alkanes) is 3. The fourth-order valence-corrected chi connectivity index (χ4v) is 4.10. The standard InChI is InChI=1S/C20H28NO2/c1-2-3-4-5-8-17-9-6-7-10-19(17)23-20-14-16-11-12-18(13-16)21(20)15-22/h6-7,9-10,16,18,20H,2-5,8,11-14H2,1H3. The maximum atomic E-state index is 11.4. The van der Waals surface area contributed by atoms with Crippen molar-refractivity contribution in [2.24, 2.45) is 5.92 Å². The van der Waals surface area contributed by atoms with Gasteiger partial charge in [-0.25, -0.2) is 0 Å². The van der Waals surface area contributed by atoms with E-state index in [9.17, 15) is 4.79 Å². The number of rotatable bonds is 8. The molecule has 1 aliphatic heterocycles. The minimum Gasteiger partial charge on any atom is -0.470 e. The van der Waals surface area contributed by atoms with Gasteiger partial charge in [0.2, 0.25) is 0 Å². The molecule has 1 aromatic rings. The Balaban J connectivity index is 1.66. The third-order valence-corrected chi connectivity index (χ3v) is 5.39. The van der Waals surface area contributed by atoms with Crippen molar-refractivity contribution >= 4 is 6.41 Å². The first-order valence-corrected chi connectivity index (χ1v) is 9.22. The van der Waals surface area contributed by atoms with Gasteiger partial charge in [-0.15, -0.1) is 0 Å². The van der Waals surface area contributed by atoms with E-state index in [0.717, 1.165) is 31.4 Å². The molecule has 1 radical (unpaired) electrons. The summed E-state index contributed by atoms with van der Waals surface area (Å²) < 4.78 is 6.29. The highest BCUT2D eigenvalue weighted by molar-refractivity contribution is 5.50. The van der Waals surface area contributed by atoms with Gasteiger partial charge in [-0.1, -0.05) is 44.4 Å². The highest BCUT2D eigenvalue weighted by atomic mass is 16.5. The summed E-state index contributed by atoms with van der Waals surface area (Å²) in [5.74, 6) is 1.67. The van der Waals surface area contributed by atoms with Crippen LogP contribution in [0, 0.1) is 5.92 Å². The van der Waals surface area contributed by atoms with Gasteiger partial charge in [0.05, 0.1) is 0 Å². The Hall–Kier alpha value is -1.51. The highest BCUT2D eigenvalue weighted by Gasteiger charge is 2.41. The smallest absolute Gasteiger partial charge is 0.315 e. The Labute approximate surface area is 140 Å². The van der Waals surface area contributed by atoms with Crippen molar-refractivity contribution in [2.75, 3.05) is 0 Å². The second-order valence-electron chi connectivity index (χ2n) is 7.06. The van der Waals surface area contributed by atoms with Crippen LogP contribution < -0.4 is 4.74 Å². The lowest BCUT2D eigenvalue weighted by Gasteiger charge is -2.37. The number of nitrogens with zero attached hydrogens (tertiary/aromatic N) is 1. The van der Waals surface area contributed by atoms with Gasteiger partial charge in [-0.2, -0.15) is 0 Å². The van der Waals surface area contributed by atoms with Crippen LogP contribution in [0.25, 0.3) is 0 Å². The topological polar surface area (TPSA) is 29.5 Å².